The van der Waals surface area contributed by atoms with E-state index in [4.69, 9.17) is 9.47 Å². The van der Waals surface area contributed by atoms with Crippen LogP contribution in [0.4, 0.5) is 0 Å². The number of nitrogens with one attached hydrogen (secondary N) is 2. The lowest BCUT2D eigenvalue weighted by atomic mass is 10.3. The molecule has 1 atom stereocenters. The molecule has 2 aromatic rings. The van der Waals surface area contributed by atoms with Gasteiger partial charge in [-0.1, -0.05) is 6.07 Å². The number of hydrogen-bond donors (Lipinski definition) is 2. The highest BCUT2D eigenvalue weighted by Crippen LogP contribution is 2.19. The lowest BCUT2D eigenvalue weighted by Gasteiger charge is -2.15. The maximum absolute atomic E-state index is 5.93. The molecule has 1 aromatic carbocycles. The third-order valence-corrected chi connectivity index (χ3v) is 4.27. The molecule has 1 unspecified atom stereocenters. The summed E-state index contributed by atoms with van der Waals surface area (Å²) in [7, 11) is 1.65. The molecule has 0 saturated heterocycles. The molecule has 154 valence electrons. The molecule has 0 saturated carbocycles. The highest BCUT2D eigenvalue weighted by atomic mass is 16.5. The molecule has 28 heavy (non-hydrogen) atoms. The molecule has 0 fully saturated rings. The lowest BCUT2D eigenvalue weighted by molar-refractivity contribution is 0.229. The Morgan fingerprint density at radius 3 is 2.79 bits per heavy atom. The van der Waals surface area contributed by atoms with E-state index in [-0.39, 0.29) is 6.10 Å². The van der Waals surface area contributed by atoms with E-state index >= 15 is 0 Å². The number of nitrogens with zero attached hydrogens (tertiary/aromatic N) is 3. The number of methoxy groups -OCH3 is 1. The lowest BCUT2D eigenvalue weighted by Crippen LogP contribution is -2.38. The average molecular weight is 388 g/mol. The first-order chi connectivity index (χ1) is 13.6. The highest BCUT2D eigenvalue weighted by Gasteiger charge is 2.06. The Kier molecular flexibility index (Phi) is 9.18. The fourth-order valence-corrected chi connectivity index (χ4v) is 2.76. The van der Waals surface area contributed by atoms with Crippen LogP contribution in [0.15, 0.2) is 41.7 Å². The third-order valence-electron chi connectivity index (χ3n) is 4.27. The minimum atomic E-state index is -0.0354. The normalized spacial score (nSPS) is 12.5. The predicted octanol–water partition coefficient (Wildman–Crippen LogP) is 3.00. The molecule has 0 amide bonds. The van der Waals surface area contributed by atoms with Crippen molar-refractivity contribution in [1.82, 2.24) is 20.2 Å². The van der Waals surface area contributed by atoms with Gasteiger partial charge in [0, 0.05) is 38.1 Å². The van der Waals surface area contributed by atoms with E-state index in [1.54, 1.807) is 7.11 Å². The molecule has 0 bridgehead atoms. The van der Waals surface area contributed by atoms with Crippen LogP contribution in [0.25, 0.3) is 0 Å². The summed E-state index contributed by atoms with van der Waals surface area (Å²) < 4.78 is 13.3. The van der Waals surface area contributed by atoms with Gasteiger partial charge in [0.1, 0.15) is 23.4 Å². The molecule has 0 radical (unpaired) electrons. The van der Waals surface area contributed by atoms with Gasteiger partial charge >= 0.3 is 0 Å². The van der Waals surface area contributed by atoms with Crippen molar-refractivity contribution in [3.8, 4) is 11.5 Å². The van der Waals surface area contributed by atoms with Crippen molar-refractivity contribution in [2.24, 2.45) is 4.99 Å². The van der Waals surface area contributed by atoms with Crippen LogP contribution < -0.4 is 20.1 Å². The molecule has 0 aliphatic heterocycles. The van der Waals surface area contributed by atoms with Crippen molar-refractivity contribution in [3.63, 3.8) is 0 Å². The summed E-state index contributed by atoms with van der Waals surface area (Å²) in [5.74, 6) is 3.46. The summed E-state index contributed by atoms with van der Waals surface area (Å²) in [6, 6.07) is 7.62. The first-order valence-electron chi connectivity index (χ1n) is 9.93. The number of benzene rings is 1. The first kappa shape index (κ1) is 21.6. The zero-order valence-electron chi connectivity index (χ0n) is 17.4. The van der Waals surface area contributed by atoms with Gasteiger partial charge in [-0.15, -0.1) is 0 Å². The van der Waals surface area contributed by atoms with Gasteiger partial charge in [0.05, 0.1) is 13.7 Å². The molecular weight excluding hydrogens is 354 g/mol. The predicted molar refractivity (Wildman–Crippen MR) is 113 cm³/mol. The minimum Gasteiger partial charge on any atom is -0.497 e. The molecule has 7 nitrogen and oxygen atoms in total. The Morgan fingerprint density at radius 1 is 1.25 bits per heavy atom. The molecule has 2 rings (SSSR count). The molecule has 2 N–H and O–H groups in total. The summed E-state index contributed by atoms with van der Waals surface area (Å²) in [6.45, 7) is 9.38. The van der Waals surface area contributed by atoms with Crippen molar-refractivity contribution in [2.45, 2.75) is 46.3 Å². The van der Waals surface area contributed by atoms with Gasteiger partial charge in [-0.05, 0) is 45.7 Å². The van der Waals surface area contributed by atoms with E-state index in [0.29, 0.717) is 6.54 Å². The standard InChI is InChI=1S/C21H33N5O2/c1-5-22-21(24-11-6-7-13-26-14-12-23-18(26)3)25-16-17(2)28-20-10-8-9-19(15-20)27-4/h8-10,12,14-15,17H,5-7,11,13,16H2,1-4H3,(H2,22,24,25). The smallest absolute Gasteiger partial charge is 0.191 e. The third kappa shape index (κ3) is 7.50. The van der Waals surface area contributed by atoms with Crippen molar-refractivity contribution in [2.75, 3.05) is 26.7 Å². The molecule has 7 heteroatoms. The Labute approximate surface area is 168 Å². The van der Waals surface area contributed by atoms with Crippen molar-refractivity contribution >= 4 is 5.96 Å². The van der Waals surface area contributed by atoms with Crippen LogP contribution in [0, 0.1) is 6.92 Å². The molecule has 1 heterocycles. The van der Waals surface area contributed by atoms with E-state index < -0.39 is 0 Å². The quantitative estimate of drug-likeness (QED) is 0.352. The zero-order valence-corrected chi connectivity index (χ0v) is 17.4. The largest absolute Gasteiger partial charge is 0.497 e. The Balaban J connectivity index is 1.73. The van der Waals surface area contributed by atoms with Crippen LogP contribution in [-0.2, 0) is 6.54 Å². The van der Waals surface area contributed by atoms with E-state index in [0.717, 1.165) is 55.8 Å². The van der Waals surface area contributed by atoms with Crippen LogP contribution in [0.3, 0.4) is 0 Å². The van der Waals surface area contributed by atoms with Gasteiger partial charge < -0.3 is 24.7 Å². The number of hydrogen-bond acceptors (Lipinski definition) is 4. The number of aliphatic imine (C=N–C) groups is 1. The Hall–Kier alpha value is -2.70. The summed E-state index contributed by atoms with van der Waals surface area (Å²) in [5, 5.41) is 6.67. The average Bonchev–Trinajstić information content (AvgIpc) is 3.10. The van der Waals surface area contributed by atoms with Crippen molar-refractivity contribution in [1.29, 1.82) is 0 Å². The first-order valence-corrected chi connectivity index (χ1v) is 9.93. The monoisotopic (exact) mass is 387 g/mol. The van der Waals surface area contributed by atoms with Gasteiger partial charge in [-0.3, -0.25) is 0 Å². The number of rotatable bonds is 11. The summed E-state index contributed by atoms with van der Waals surface area (Å²) in [4.78, 5) is 8.88. The second kappa shape index (κ2) is 11.9. The SMILES string of the molecule is CCNC(=NCC(C)Oc1cccc(OC)c1)NCCCCn1ccnc1C. The maximum Gasteiger partial charge on any atom is 0.191 e. The van der Waals surface area contributed by atoms with Gasteiger partial charge in [0.25, 0.3) is 0 Å². The molecular formula is C21H33N5O2. The number of unbranched alkanes of at least 4 members (excludes halogenated alkanes) is 1. The van der Waals surface area contributed by atoms with Gasteiger partial charge in [0.2, 0.25) is 0 Å². The van der Waals surface area contributed by atoms with Crippen molar-refractivity contribution in [3.05, 3.63) is 42.5 Å². The number of ether oxygens (including phenoxy) is 2. The molecule has 0 aliphatic carbocycles. The van der Waals surface area contributed by atoms with Crippen LogP contribution in [-0.4, -0.2) is 48.4 Å². The fraction of sp³-hybridized carbons (Fsp3) is 0.524. The van der Waals surface area contributed by atoms with Crippen LogP contribution in [0.5, 0.6) is 11.5 Å². The van der Waals surface area contributed by atoms with E-state index in [9.17, 15) is 0 Å². The minimum absolute atomic E-state index is 0.0354. The fourth-order valence-electron chi connectivity index (χ4n) is 2.76. The molecule has 0 spiro atoms. The summed E-state index contributed by atoms with van der Waals surface area (Å²) in [5.41, 5.74) is 0. The van der Waals surface area contributed by atoms with E-state index in [2.05, 4.69) is 32.1 Å². The maximum atomic E-state index is 5.93. The summed E-state index contributed by atoms with van der Waals surface area (Å²) in [6.07, 6.45) is 6.00. The second-order valence-electron chi connectivity index (χ2n) is 6.63. The number of aryl methyl sites for hydroxylation is 2. The van der Waals surface area contributed by atoms with Crippen LogP contribution in [0.2, 0.25) is 0 Å². The topological polar surface area (TPSA) is 72.7 Å². The number of aromatic nitrogens is 2. The molecule has 1 aromatic heterocycles. The highest BCUT2D eigenvalue weighted by molar-refractivity contribution is 5.79. The Bertz CT molecular complexity index is 729. The van der Waals surface area contributed by atoms with Gasteiger partial charge in [0.15, 0.2) is 5.96 Å². The van der Waals surface area contributed by atoms with Gasteiger partial charge in [-0.2, -0.15) is 0 Å². The zero-order chi connectivity index (χ0) is 20.2. The van der Waals surface area contributed by atoms with E-state index in [1.165, 1.54) is 0 Å². The van der Waals surface area contributed by atoms with Crippen LogP contribution >= 0.6 is 0 Å². The Morgan fingerprint density at radius 2 is 2.07 bits per heavy atom. The molecule has 0 aliphatic rings. The van der Waals surface area contributed by atoms with Crippen LogP contribution in [0.1, 0.15) is 32.5 Å². The number of imidazole rings is 1. The number of guanidine groups is 1. The van der Waals surface area contributed by atoms with E-state index in [1.807, 2.05) is 50.5 Å². The van der Waals surface area contributed by atoms with Crippen molar-refractivity contribution < 1.29 is 9.47 Å². The summed E-state index contributed by atoms with van der Waals surface area (Å²) >= 11 is 0. The second-order valence-corrected chi connectivity index (χ2v) is 6.63. The van der Waals surface area contributed by atoms with Gasteiger partial charge in [-0.25, -0.2) is 9.98 Å².